The minimum atomic E-state index is 0.198. The van der Waals surface area contributed by atoms with Gasteiger partial charge >= 0.3 is 0 Å². The van der Waals surface area contributed by atoms with Crippen LogP contribution in [0.1, 0.15) is 13.3 Å². The van der Waals surface area contributed by atoms with E-state index in [9.17, 15) is 4.79 Å². The van der Waals surface area contributed by atoms with Crippen molar-refractivity contribution in [3.63, 3.8) is 0 Å². The van der Waals surface area contributed by atoms with Crippen LogP contribution in [-0.4, -0.2) is 35.7 Å². The van der Waals surface area contributed by atoms with E-state index in [0.29, 0.717) is 24.3 Å². The Bertz CT molecular complexity index is 438. The maximum Gasteiger partial charge on any atom is 0.233 e. The highest BCUT2D eigenvalue weighted by molar-refractivity contribution is 8.00. The molecule has 2 unspecified atom stereocenters. The van der Waals surface area contributed by atoms with Crippen molar-refractivity contribution >= 4 is 29.3 Å². The summed E-state index contributed by atoms with van der Waals surface area (Å²) in [7, 11) is 0. The van der Waals surface area contributed by atoms with Crippen LogP contribution < -0.4 is 5.73 Å². The quantitative estimate of drug-likeness (QED) is 0.869. The van der Waals surface area contributed by atoms with Crippen LogP contribution in [0.25, 0.3) is 0 Å². The average molecular weight is 299 g/mol. The molecule has 0 aliphatic carbocycles. The number of halogens is 1. The fourth-order valence-corrected chi connectivity index (χ4v) is 3.33. The molecule has 1 saturated heterocycles. The average Bonchev–Trinajstić information content (AvgIpc) is 2.79. The largest absolute Gasteiger partial charge is 0.339 e. The molecule has 0 saturated carbocycles. The topological polar surface area (TPSA) is 46.3 Å². The van der Waals surface area contributed by atoms with Crippen molar-refractivity contribution in [2.75, 3.05) is 18.8 Å². The minimum Gasteiger partial charge on any atom is -0.339 e. The monoisotopic (exact) mass is 298 g/mol. The van der Waals surface area contributed by atoms with Crippen LogP contribution in [-0.2, 0) is 4.79 Å². The van der Waals surface area contributed by atoms with Crippen LogP contribution in [0.4, 0.5) is 0 Å². The zero-order valence-corrected chi connectivity index (χ0v) is 12.6. The molecule has 0 bridgehead atoms. The third-order valence-electron chi connectivity index (χ3n) is 3.49. The van der Waals surface area contributed by atoms with Crippen molar-refractivity contribution in [1.82, 2.24) is 4.90 Å². The zero-order chi connectivity index (χ0) is 13.8. The van der Waals surface area contributed by atoms with E-state index in [1.54, 1.807) is 11.8 Å². The molecule has 2 N–H and O–H groups in total. The summed E-state index contributed by atoms with van der Waals surface area (Å²) < 4.78 is 0. The van der Waals surface area contributed by atoms with Crippen LogP contribution in [0.3, 0.4) is 0 Å². The van der Waals surface area contributed by atoms with Crippen molar-refractivity contribution in [3.8, 4) is 0 Å². The van der Waals surface area contributed by atoms with E-state index in [0.717, 1.165) is 22.9 Å². The number of carbonyl (C=O) groups is 1. The maximum atomic E-state index is 12.2. The summed E-state index contributed by atoms with van der Waals surface area (Å²) >= 11 is 7.39. The highest BCUT2D eigenvalue weighted by atomic mass is 35.5. The number of thioether (sulfide) groups is 1. The van der Waals surface area contributed by atoms with E-state index in [4.69, 9.17) is 17.3 Å². The second-order valence-electron chi connectivity index (χ2n) is 4.98. The summed E-state index contributed by atoms with van der Waals surface area (Å²) in [5, 5.41) is 0.717. The van der Waals surface area contributed by atoms with Crippen LogP contribution in [0, 0.1) is 5.92 Å². The van der Waals surface area contributed by atoms with Gasteiger partial charge in [-0.3, -0.25) is 4.79 Å². The Labute approximate surface area is 123 Å². The Kier molecular flexibility index (Phi) is 5.13. The third kappa shape index (κ3) is 3.88. The highest BCUT2D eigenvalue weighted by Crippen LogP contribution is 2.25. The highest BCUT2D eigenvalue weighted by Gasteiger charge is 2.31. The predicted molar refractivity (Wildman–Crippen MR) is 80.5 cm³/mol. The molecular formula is C14H19ClN2OS. The molecule has 2 rings (SSSR count). The summed E-state index contributed by atoms with van der Waals surface area (Å²) in [6, 6.07) is 7.88. The molecule has 0 radical (unpaired) electrons. The minimum absolute atomic E-state index is 0.198. The molecule has 19 heavy (non-hydrogen) atoms. The number of carbonyl (C=O) groups excluding carboxylic acids is 1. The van der Waals surface area contributed by atoms with Gasteiger partial charge in [0.05, 0.1) is 5.75 Å². The second-order valence-corrected chi connectivity index (χ2v) is 6.46. The molecule has 1 fully saturated rings. The Balaban J connectivity index is 1.86. The lowest BCUT2D eigenvalue weighted by Gasteiger charge is -2.21. The number of benzene rings is 1. The lowest BCUT2D eigenvalue weighted by Crippen LogP contribution is -2.35. The van der Waals surface area contributed by atoms with Gasteiger partial charge in [0.15, 0.2) is 0 Å². The fourth-order valence-electron chi connectivity index (χ4n) is 2.42. The number of nitrogens with two attached hydrogens (primary N) is 1. The van der Waals surface area contributed by atoms with Gasteiger partial charge in [0.1, 0.15) is 0 Å². The van der Waals surface area contributed by atoms with Crippen LogP contribution >= 0.6 is 23.4 Å². The van der Waals surface area contributed by atoms with Crippen LogP contribution in [0.15, 0.2) is 29.2 Å². The second kappa shape index (κ2) is 6.64. The fraction of sp³-hybridized carbons (Fsp3) is 0.500. The Morgan fingerprint density at radius 1 is 1.47 bits per heavy atom. The summed E-state index contributed by atoms with van der Waals surface area (Å²) in [4.78, 5) is 15.2. The summed E-state index contributed by atoms with van der Waals surface area (Å²) in [5.74, 6) is 1.13. The number of hydrogen-bond donors (Lipinski definition) is 1. The van der Waals surface area contributed by atoms with E-state index in [2.05, 4.69) is 6.92 Å². The van der Waals surface area contributed by atoms with Crippen LogP contribution in [0.2, 0.25) is 5.02 Å². The van der Waals surface area contributed by atoms with Crippen molar-refractivity contribution in [3.05, 3.63) is 29.3 Å². The lowest BCUT2D eigenvalue weighted by atomic mass is 10.1. The normalized spacial score (nSPS) is 22.8. The molecule has 1 amide bonds. The van der Waals surface area contributed by atoms with E-state index in [-0.39, 0.29) is 5.91 Å². The molecule has 1 aliphatic rings. The number of hydrogen-bond acceptors (Lipinski definition) is 3. The predicted octanol–water partition coefficient (Wildman–Crippen LogP) is 2.63. The maximum absolute atomic E-state index is 12.2. The SMILES string of the molecule is CC1CC(CN)CN1C(=O)CSc1ccc(Cl)cc1. The molecule has 104 valence electrons. The first kappa shape index (κ1) is 14.7. The van der Waals surface area contributed by atoms with Crippen molar-refractivity contribution in [2.24, 2.45) is 11.7 Å². The van der Waals surface area contributed by atoms with Gasteiger partial charge < -0.3 is 10.6 Å². The van der Waals surface area contributed by atoms with Gasteiger partial charge in [0, 0.05) is 22.5 Å². The summed E-state index contributed by atoms with van der Waals surface area (Å²) in [6.07, 6.45) is 1.02. The number of amides is 1. The number of likely N-dealkylation sites (tertiary alicyclic amines) is 1. The van der Waals surface area contributed by atoms with Gasteiger partial charge in [-0.15, -0.1) is 11.8 Å². The molecule has 2 atom stereocenters. The zero-order valence-electron chi connectivity index (χ0n) is 11.0. The molecule has 3 nitrogen and oxygen atoms in total. The van der Waals surface area contributed by atoms with Crippen molar-refractivity contribution in [1.29, 1.82) is 0 Å². The van der Waals surface area contributed by atoms with Gasteiger partial charge in [0.2, 0.25) is 5.91 Å². The molecule has 1 heterocycles. The van der Waals surface area contributed by atoms with E-state index in [1.807, 2.05) is 29.2 Å². The first-order valence-corrected chi connectivity index (χ1v) is 7.84. The van der Waals surface area contributed by atoms with Gasteiger partial charge in [-0.2, -0.15) is 0 Å². The summed E-state index contributed by atoms with van der Waals surface area (Å²) in [6.45, 7) is 3.57. The summed E-state index contributed by atoms with van der Waals surface area (Å²) in [5.41, 5.74) is 5.68. The third-order valence-corrected chi connectivity index (χ3v) is 4.74. The molecule has 5 heteroatoms. The van der Waals surface area contributed by atoms with Gasteiger partial charge in [-0.05, 0) is 50.1 Å². The molecule has 1 aromatic rings. The molecular weight excluding hydrogens is 280 g/mol. The Morgan fingerprint density at radius 2 is 2.16 bits per heavy atom. The number of nitrogens with zero attached hydrogens (tertiary/aromatic N) is 1. The van der Waals surface area contributed by atoms with E-state index >= 15 is 0 Å². The Hall–Kier alpha value is -0.710. The van der Waals surface area contributed by atoms with Crippen molar-refractivity contribution in [2.45, 2.75) is 24.3 Å². The molecule has 1 aromatic carbocycles. The number of rotatable bonds is 4. The van der Waals surface area contributed by atoms with Crippen molar-refractivity contribution < 1.29 is 4.79 Å². The molecule has 0 aromatic heterocycles. The lowest BCUT2D eigenvalue weighted by molar-refractivity contribution is -0.128. The first-order chi connectivity index (χ1) is 9.10. The smallest absolute Gasteiger partial charge is 0.233 e. The molecule has 0 spiro atoms. The van der Waals surface area contributed by atoms with Crippen LogP contribution in [0.5, 0.6) is 0 Å². The van der Waals surface area contributed by atoms with E-state index < -0.39 is 0 Å². The molecule has 1 aliphatic heterocycles. The van der Waals surface area contributed by atoms with Gasteiger partial charge in [-0.25, -0.2) is 0 Å². The van der Waals surface area contributed by atoms with E-state index in [1.165, 1.54) is 0 Å². The van der Waals surface area contributed by atoms with Gasteiger partial charge in [-0.1, -0.05) is 11.6 Å². The standard InChI is InChI=1S/C14H19ClN2OS/c1-10-6-11(7-16)8-17(10)14(18)9-19-13-4-2-12(15)3-5-13/h2-5,10-11H,6-9,16H2,1H3. The van der Waals surface area contributed by atoms with Gasteiger partial charge in [0.25, 0.3) is 0 Å². The first-order valence-electron chi connectivity index (χ1n) is 6.48. The Morgan fingerprint density at radius 3 is 2.74 bits per heavy atom.